The molecule has 4 aromatic rings. The van der Waals surface area contributed by atoms with Crippen molar-refractivity contribution in [2.75, 3.05) is 7.11 Å². The van der Waals surface area contributed by atoms with E-state index < -0.39 is 16.1 Å². The van der Waals surface area contributed by atoms with E-state index in [9.17, 15) is 18.0 Å². The summed E-state index contributed by atoms with van der Waals surface area (Å²) in [5.74, 6) is 0.253. The van der Waals surface area contributed by atoms with Crippen molar-refractivity contribution < 1.29 is 22.7 Å². The number of carbonyl (C=O) groups is 2. The molecule has 0 aliphatic heterocycles. The minimum atomic E-state index is -3.55. The zero-order chi connectivity index (χ0) is 31.6. The molecule has 0 unspecified atom stereocenters. The van der Waals surface area contributed by atoms with Gasteiger partial charge in [0.1, 0.15) is 11.8 Å². The summed E-state index contributed by atoms with van der Waals surface area (Å²) in [5, 5.41) is 3.05. The first-order valence-corrected chi connectivity index (χ1v) is 16.7. The molecule has 1 aliphatic carbocycles. The molecular formula is C36H39N3O5S. The van der Waals surface area contributed by atoms with E-state index in [-0.39, 0.29) is 42.3 Å². The summed E-state index contributed by atoms with van der Waals surface area (Å²) < 4.78 is 33.3. The summed E-state index contributed by atoms with van der Waals surface area (Å²) in [5.41, 5.74) is 3.54. The third-order valence-corrected chi connectivity index (χ3v) is 9.41. The summed E-state index contributed by atoms with van der Waals surface area (Å²) in [6.07, 6.45) is 2.63. The number of hydrogen-bond acceptors (Lipinski definition) is 5. The van der Waals surface area contributed by atoms with Gasteiger partial charge in [-0.25, -0.2) is 13.1 Å². The van der Waals surface area contributed by atoms with Gasteiger partial charge in [0.2, 0.25) is 21.8 Å². The van der Waals surface area contributed by atoms with E-state index in [1.54, 1.807) is 36.3 Å². The van der Waals surface area contributed by atoms with Gasteiger partial charge in [-0.2, -0.15) is 0 Å². The molecule has 1 aliphatic rings. The molecule has 0 spiro atoms. The predicted octanol–water partition coefficient (Wildman–Crippen LogP) is 5.03. The van der Waals surface area contributed by atoms with Gasteiger partial charge >= 0.3 is 0 Å². The number of carbonyl (C=O) groups excluding carboxylic acids is 2. The smallest absolute Gasteiger partial charge is 0.243 e. The Balaban J connectivity index is 1.36. The van der Waals surface area contributed by atoms with Gasteiger partial charge in [-0.15, -0.1) is 0 Å². The van der Waals surface area contributed by atoms with Crippen LogP contribution in [0, 0.1) is 0 Å². The first-order chi connectivity index (χ1) is 21.8. The number of para-hydroxylation sites is 1. The Morgan fingerprint density at radius 2 is 1.44 bits per heavy atom. The topological polar surface area (TPSA) is 105 Å². The number of aryl methyl sites for hydroxylation is 1. The third kappa shape index (κ3) is 9.03. The molecule has 45 heavy (non-hydrogen) atoms. The second-order valence-electron chi connectivity index (χ2n) is 11.3. The van der Waals surface area contributed by atoms with Crippen LogP contribution in [0.1, 0.15) is 41.5 Å². The normalized spacial score (nSPS) is 13.5. The van der Waals surface area contributed by atoms with E-state index in [2.05, 4.69) is 10.0 Å². The number of benzene rings is 4. The summed E-state index contributed by atoms with van der Waals surface area (Å²) in [6.45, 7) is 0.523. The number of rotatable bonds is 15. The highest BCUT2D eigenvalue weighted by Gasteiger charge is 2.31. The molecule has 234 valence electrons. The van der Waals surface area contributed by atoms with Crippen LogP contribution in [0.25, 0.3) is 0 Å². The number of hydrogen-bond donors (Lipinski definition) is 2. The van der Waals surface area contributed by atoms with Gasteiger partial charge in [-0.1, -0.05) is 91.0 Å². The predicted molar refractivity (Wildman–Crippen MR) is 174 cm³/mol. The lowest BCUT2D eigenvalue weighted by molar-refractivity contribution is -0.141. The number of amides is 2. The quantitative estimate of drug-likeness (QED) is 0.193. The molecule has 9 heteroatoms. The van der Waals surface area contributed by atoms with Crippen molar-refractivity contribution in [1.82, 2.24) is 14.9 Å². The Morgan fingerprint density at radius 1 is 0.822 bits per heavy atom. The summed E-state index contributed by atoms with van der Waals surface area (Å²) in [7, 11) is -1.96. The van der Waals surface area contributed by atoms with Crippen LogP contribution in [0.15, 0.2) is 114 Å². The maximum absolute atomic E-state index is 14.0. The Morgan fingerprint density at radius 3 is 2.09 bits per heavy atom. The van der Waals surface area contributed by atoms with E-state index in [1.807, 2.05) is 84.9 Å². The summed E-state index contributed by atoms with van der Waals surface area (Å²) in [6, 6.07) is 32.8. The van der Waals surface area contributed by atoms with Crippen molar-refractivity contribution in [1.29, 1.82) is 0 Å². The lowest BCUT2D eigenvalue weighted by Gasteiger charge is -2.32. The fourth-order valence-corrected chi connectivity index (χ4v) is 6.51. The van der Waals surface area contributed by atoms with Crippen LogP contribution in [-0.2, 0) is 45.5 Å². The van der Waals surface area contributed by atoms with Gasteiger partial charge in [-0.05, 0) is 54.2 Å². The Bertz CT molecular complexity index is 1680. The molecule has 1 fully saturated rings. The molecule has 0 radical (unpaired) electrons. The van der Waals surface area contributed by atoms with Crippen LogP contribution >= 0.6 is 0 Å². The first kappa shape index (κ1) is 31.9. The molecular weight excluding hydrogens is 586 g/mol. The molecule has 4 aromatic carbocycles. The standard InChI is InChI=1S/C36H39N3O5S/c1-44-34-15-9-8-14-30(34)25-37-36(41)33(24-28-10-4-2-5-11-28)39(26-29-12-6-3-7-13-29)35(40)23-18-27-16-21-32(22-17-27)45(42,43)38-31-19-20-31/h2-17,21-22,31,33,38H,18-20,23-26H2,1H3,(H,37,41)/t33-/m1/s1. The zero-order valence-corrected chi connectivity index (χ0v) is 26.2. The van der Waals surface area contributed by atoms with Gasteiger partial charge in [0.05, 0.1) is 12.0 Å². The van der Waals surface area contributed by atoms with Crippen LogP contribution in [0.5, 0.6) is 5.75 Å². The average molecular weight is 626 g/mol. The second kappa shape index (κ2) is 15.0. The molecule has 1 saturated carbocycles. The Hall–Kier alpha value is -4.47. The minimum Gasteiger partial charge on any atom is -0.496 e. The SMILES string of the molecule is COc1ccccc1CNC(=O)[C@@H](Cc1ccccc1)N(Cc1ccccc1)C(=O)CCc1ccc(S(=O)(=O)NC2CC2)cc1. The van der Waals surface area contributed by atoms with Crippen molar-refractivity contribution in [3.05, 3.63) is 131 Å². The highest BCUT2D eigenvalue weighted by Crippen LogP contribution is 2.23. The van der Waals surface area contributed by atoms with Crippen molar-refractivity contribution >= 4 is 21.8 Å². The van der Waals surface area contributed by atoms with Gasteiger partial charge in [0.25, 0.3) is 0 Å². The van der Waals surface area contributed by atoms with Crippen LogP contribution < -0.4 is 14.8 Å². The van der Waals surface area contributed by atoms with Crippen molar-refractivity contribution in [3.8, 4) is 5.75 Å². The van der Waals surface area contributed by atoms with Crippen LogP contribution in [-0.4, -0.2) is 44.3 Å². The molecule has 0 bridgehead atoms. The monoisotopic (exact) mass is 625 g/mol. The van der Waals surface area contributed by atoms with Crippen molar-refractivity contribution in [3.63, 3.8) is 0 Å². The van der Waals surface area contributed by atoms with E-state index >= 15 is 0 Å². The van der Waals surface area contributed by atoms with Crippen LogP contribution in [0.4, 0.5) is 0 Å². The molecule has 5 rings (SSSR count). The van der Waals surface area contributed by atoms with E-state index in [4.69, 9.17) is 4.74 Å². The third-order valence-electron chi connectivity index (χ3n) is 7.87. The molecule has 2 amide bonds. The van der Waals surface area contributed by atoms with Gasteiger partial charge in [0, 0.05) is 37.5 Å². The fourth-order valence-electron chi connectivity index (χ4n) is 5.20. The second-order valence-corrected chi connectivity index (χ2v) is 13.0. The van der Waals surface area contributed by atoms with Crippen molar-refractivity contribution in [2.24, 2.45) is 0 Å². The highest BCUT2D eigenvalue weighted by molar-refractivity contribution is 7.89. The number of sulfonamides is 1. The van der Waals surface area contributed by atoms with Crippen LogP contribution in [0.2, 0.25) is 0 Å². The molecule has 0 aromatic heterocycles. The average Bonchev–Trinajstić information content (AvgIpc) is 3.88. The Labute approximate surface area is 265 Å². The minimum absolute atomic E-state index is 0.0265. The molecule has 0 saturated heterocycles. The number of ether oxygens (including phenoxy) is 1. The number of nitrogens with one attached hydrogen (secondary N) is 2. The lowest BCUT2D eigenvalue weighted by atomic mass is 10.0. The fraction of sp³-hybridized carbons (Fsp3) is 0.278. The summed E-state index contributed by atoms with van der Waals surface area (Å²) >= 11 is 0. The van der Waals surface area contributed by atoms with Crippen LogP contribution in [0.3, 0.4) is 0 Å². The molecule has 0 heterocycles. The number of methoxy groups -OCH3 is 1. The largest absolute Gasteiger partial charge is 0.496 e. The van der Waals surface area contributed by atoms with E-state index in [1.165, 1.54) is 0 Å². The maximum atomic E-state index is 14.0. The lowest BCUT2D eigenvalue weighted by Crippen LogP contribution is -2.50. The molecule has 2 N–H and O–H groups in total. The molecule has 1 atom stereocenters. The van der Waals surface area contributed by atoms with Gasteiger partial charge in [0.15, 0.2) is 0 Å². The summed E-state index contributed by atoms with van der Waals surface area (Å²) in [4.78, 5) is 29.8. The highest BCUT2D eigenvalue weighted by atomic mass is 32.2. The van der Waals surface area contributed by atoms with Crippen molar-refractivity contribution in [2.45, 2.75) is 62.2 Å². The van der Waals surface area contributed by atoms with E-state index in [0.29, 0.717) is 18.6 Å². The van der Waals surface area contributed by atoms with Gasteiger partial charge in [-0.3, -0.25) is 9.59 Å². The first-order valence-electron chi connectivity index (χ1n) is 15.2. The van der Waals surface area contributed by atoms with E-state index in [0.717, 1.165) is 35.1 Å². The number of nitrogens with zero attached hydrogens (tertiary/aromatic N) is 1. The zero-order valence-electron chi connectivity index (χ0n) is 25.4. The van der Waals surface area contributed by atoms with Gasteiger partial charge < -0.3 is 15.0 Å². The maximum Gasteiger partial charge on any atom is 0.243 e. The molecule has 8 nitrogen and oxygen atoms in total. The Kier molecular flexibility index (Phi) is 10.7.